The number of hydrogen-bond donors (Lipinski definition) is 0. The van der Waals surface area contributed by atoms with Crippen molar-refractivity contribution in [3.63, 3.8) is 0 Å². The van der Waals surface area contributed by atoms with Crippen LogP contribution in [0.15, 0.2) is 0 Å². The molecule has 15 heavy (non-hydrogen) atoms. The molecule has 0 aromatic rings. The third kappa shape index (κ3) is 3.52. The molecule has 0 aromatic heterocycles. The van der Waals surface area contributed by atoms with E-state index in [1.54, 1.807) is 0 Å². The third-order valence-corrected chi connectivity index (χ3v) is 2.55. The SMILES string of the molecule is COOP(=O)(OOC)C(=[N+]=[N-])C(=O)OC. The summed E-state index contributed by atoms with van der Waals surface area (Å²) in [6.07, 6.45) is 0. The van der Waals surface area contributed by atoms with E-state index in [4.69, 9.17) is 5.53 Å². The number of esters is 1. The van der Waals surface area contributed by atoms with Crippen molar-refractivity contribution in [1.29, 1.82) is 0 Å². The minimum absolute atomic E-state index is 0.984. The van der Waals surface area contributed by atoms with Crippen molar-refractivity contribution in [2.24, 2.45) is 0 Å². The van der Waals surface area contributed by atoms with Crippen molar-refractivity contribution >= 4 is 19.0 Å². The molecule has 0 saturated carbocycles. The molecule has 0 N–H and O–H groups in total. The molecular formula is C5H9N2O7P. The lowest BCUT2D eigenvalue weighted by Crippen LogP contribution is -2.19. The monoisotopic (exact) mass is 240 g/mol. The van der Waals surface area contributed by atoms with E-state index in [-0.39, 0.29) is 0 Å². The molecule has 9 nitrogen and oxygen atoms in total. The van der Waals surface area contributed by atoms with E-state index >= 15 is 0 Å². The average molecular weight is 240 g/mol. The molecule has 0 aliphatic carbocycles. The Labute approximate surface area is 84.8 Å². The van der Waals surface area contributed by atoms with Crippen LogP contribution in [0, 0.1) is 0 Å². The molecular weight excluding hydrogens is 231 g/mol. The fourth-order valence-electron chi connectivity index (χ4n) is 0.578. The van der Waals surface area contributed by atoms with Crippen molar-refractivity contribution in [2.45, 2.75) is 0 Å². The zero-order valence-corrected chi connectivity index (χ0v) is 9.09. The van der Waals surface area contributed by atoms with Gasteiger partial charge in [0.25, 0.3) is 0 Å². The summed E-state index contributed by atoms with van der Waals surface area (Å²) in [5, 5.41) is 0. The predicted molar refractivity (Wildman–Crippen MR) is 44.4 cm³/mol. The predicted octanol–water partition coefficient (Wildman–Crippen LogP) is 0.137. The lowest BCUT2D eigenvalue weighted by molar-refractivity contribution is -0.240. The lowest BCUT2D eigenvalue weighted by Gasteiger charge is -2.07. The average Bonchev–Trinajstić information content (AvgIpc) is 2.19. The maximum atomic E-state index is 11.7. The third-order valence-electron chi connectivity index (χ3n) is 1.07. The van der Waals surface area contributed by atoms with Crippen molar-refractivity contribution in [1.82, 2.24) is 0 Å². The quantitative estimate of drug-likeness (QED) is 0.123. The summed E-state index contributed by atoms with van der Waals surface area (Å²) in [4.78, 5) is 21.6. The number of carbonyl (C=O) groups excluding carboxylic acids is 1. The van der Waals surface area contributed by atoms with Gasteiger partial charge in [-0.3, -0.25) is 0 Å². The molecule has 0 spiro atoms. The van der Waals surface area contributed by atoms with Crippen LogP contribution in [0.4, 0.5) is 0 Å². The van der Waals surface area contributed by atoms with Crippen LogP contribution in [0.2, 0.25) is 0 Å². The number of hydrogen-bond acceptors (Lipinski definition) is 7. The molecule has 0 unspecified atom stereocenters. The summed E-state index contributed by atoms with van der Waals surface area (Å²) >= 11 is 0. The van der Waals surface area contributed by atoms with Crippen molar-refractivity contribution in [2.75, 3.05) is 21.3 Å². The summed E-state index contributed by atoms with van der Waals surface area (Å²) in [5.74, 6) is -1.21. The lowest BCUT2D eigenvalue weighted by atomic mass is 10.7. The zero-order valence-electron chi connectivity index (χ0n) is 8.20. The number of methoxy groups -OCH3 is 1. The molecule has 86 valence electrons. The molecule has 0 radical (unpaired) electrons. The number of carbonyl (C=O) groups is 1. The Morgan fingerprint density at radius 1 is 1.20 bits per heavy atom. The normalized spacial score (nSPS) is 10.6. The minimum Gasteiger partial charge on any atom is -0.460 e. The fourth-order valence-corrected chi connectivity index (χ4v) is 1.56. The highest BCUT2D eigenvalue weighted by atomic mass is 31.2. The summed E-state index contributed by atoms with van der Waals surface area (Å²) in [5.41, 5.74) is 7.45. The van der Waals surface area contributed by atoms with Crippen LogP contribution in [-0.4, -0.2) is 37.5 Å². The molecule has 0 heterocycles. The first-order valence-corrected chi connectivity index (χ1v) is 4.95. The molecule has 0 aliphatic rings. The Hall–Kier alpha value is -1.08. The first kappa shape index (κ1) is 13.9. The molecule has 0 saturated heterocycles. The van der Waals surface area contributed by atoms with E-state index in [9.17, 15) is 9.36 Å². The second-order valence-electron chi connectivity index (χ2n) is 1.90. The van der Waals surface area contributed by atoms with Crippen molar-refractivity contribution in [3.05, 3.63) is 5.53 Å². The van der Waals surface area contributed by atoms with Gasteiger partial charge in [-0.1, -0.05) is 0 Å². The van der Waals surface area contributed by atoms with Gasteiger partial charge in [0.2, 0.25) is 0 Å². The summed E-state index contributed by atoms with van der Waals surface area (Å²) in [7, 11) is -1.31. The molecule has 0 aliphatic heterocycles. The Morgan fingerprint density at radius 2 is 1.67 bits per heavy atom. The van der Waals surface area contributed by atoms with Gasteiger partial charge in [-0.05, 0) is 0 Å². The van der Waals surface area contributed by atoms with E-state index in [1.807, 2.05) is 0 Å². The first-order chi connectivity index (χ1) is 7.05. The molecule has 0 bridgehead atoms. The maximum Gasteiger partial charge on any atom is 0.504 e. The van der Waals surface area contributed by atoms with Crippen LogP contribution in [0.25, 0.3) is 5.53 Å². The van der Waals surface area contributed by atoms with Crippen LogP contribution in [-0.2, 0) is 33.2 Å². The van der Waals surface area contributed by atoms with E-state index in [2.05, 4.69) is 28.7 Å². The van der Waals surface area contributed by atoms with Gasteiger partial charge in [-0.2, -0.15) is 0 Å². The smallest absolute Gasteiger partial charge is 0.460 e. The van der Waals surface area contributed by atoms with Crippen LogP contribution < -0.4 is 0 Å². The van der Waals surface area contributed by atoms with Gasteiger partial charge in [0, 0.05) is 0 Å². The second-order valence-corrected chi connectivity index (χ2v) is 3.61. The van der Waals surface area contributed by atoms with E-state index < -0.39 is 19.0 Å². The topological polar surface area (TPSA) is 117 Å². The molecule has 0 fully saturated rings. The van der Waals surface area contributed by atoms with Crippen molar-refractivity contribution in [3.8, 4) is 0 Å². The Morgan fingerprint density at radius 3 is 1.93 bits per heavy atom. The fraction of sp³-hybridized carbons (Fsp3) is 0.600. The van der Waals surface area contributed by atoms with Gasteiger partial charge >= 0.3 is 19.0 Å². The van der Waals surface area contributed by atoms with E-state index in [0.29, 0.717) is 0 Å². The summed E-state index contributed by atoms with van der Waals surface area (Å²) in [6.45, 7) is 0. The molecule has 0 aromatic carbocycles. The molecule has 0 rings (SSSR count). The number of rotatable bonds is 6. The highest BCUT2D eigenvalue weighted by Crippen LogP contribution is 2.49. The molecule has 0 atom stereocenters. The summed E-state index contributed by atoms with van der Waals surface area (Å²) < 4.78 is 24.2. The number of nitrogens with zero attached hydrogens (tertiary/aromatic N) is 2. The maximum absolute atomic E-state index is 11.7. The minimum atomic E-state index is -4.32. The van der Waals surface area contributed by atoms with Gasteiger partial charge in [-0.15, -0.1) is 14.1 Å². The summed E-state index contributed by atoms with van der Waals surface area (Å²) in [6, 6.07) is 0. The van der Waals surface area contributed by atoms with E-state index in [1.165, 1.54) is 0 Å². The van der Waals surface area contributed by atoms with Gasteiger partial charge in [0.1, 0.15) is 0 Å². The van der Waals surface area contributed by atoms with Crippen molar-refractivity contribution < 1.29 is 38.0 Å². The first-order valence-electron chi connectivity index (χ1n) is 3.41. The Balaban J connectivity index is 5.13. The van der Waals surface area contributed by atoms with Crippen LogP contribution in [0.1, 0.15) is 0 Å². The van der Waals surface area contributed by atoms with Gasteiger partial charge < -0.3 is 10.3 Å². The molecule has 10 heteroatoms. The largest absolute Gasteiger partial charge is 0.504 e. The Bertz CT molecular complexity index is 313. The van der Waals surface area contributed by atoms with Gasteiger partial charge in [0.05, 0.1) is 21.3 Å². The highest BCUT2D eigenvalue weighted by molar-refractivity contribution is 7.74. The van der Waals surface area contributed by atoms with Gasteiger partial charge in [0.15, 0.2) is 0 Å². The Kier molecular flexibility index (Phi) is 5.95. The highest BCUT2D eigenvalue weighted by Gasteiger charge is 2.49. The number of ether oxygens (including phenoxy) is 1. The van der Waals surface area contributed by atoms with Crippen LogP contribution in [0.5, 0.6) is 0 Å². The van der Waals surface area contributed by atoms with E-state index in [0.717, 1.165) is 21.3 Å². The van der Waals surface area contributed by atoms with Gasteiger partial charge in [-0.25, -0.2) is 19.1 Å². The zero-order chi connectivity index (χ0) is 11.9. The van der Waals surface area contributed by atoms with Crippen LogP contribution >= 0.6 is 7.60 Å². The standard InChI is InChI=1S/C5H9N2O7P/c1-10-5(8)4(7-6)15(9,13-11-2)14-12-3/h1-3H3. The van der Waals surface area contributed by atoms with Crippen LogP contribution in [0.3, 0.4) is 0 Å². The second kappa shape index (κ2) is 6.41. The molecule has 0 amide bonds.